The first kappa shape index (κ1) is 6.60. The molecule has 0 spiro atoms. The topological polar surface area (TPSA) is 64.9 Å². The summed E-state index contributed by atoms with van der Waals surface area (Å²) in [4.78, 5) is 13.8. The zero-order valence-electron chi connectivity index (χ0n) is 5.19. The number of amides is 1. The molecule has 0 fully saturated rings. The van der Waals surface area contributed by atoms with Crippen molar-refractivity contribution < 1.29 is 9.90 Å². The summed E-state index contributed by atoms with van der Waals surface area (Å²) in [5.41, 5.74) is 2.13. The molecule has 0 unspecified atom stereocenters. The van der Waals surface area contributed by atoms with Gasteiger partial charge in [0.15, 0.2) is 0 Å². The second-order valence-corrected chi connectivity index (χ2v) is 1.70. The highest BCUT2D eigenvalue weighted by atomic mass is 16.4. The van der Waals surface area contributed by atoms with Gasteiger partial charge in [-0.3, -0.25) is 10.0 Å². The van der Waals surface area contributed by atoms with Crippen LogP contribution in [-0.4, -0.2) is 29.1 Å². The van der Waals surface area contributed by atoms with E-state index in [1.54, 1.807) is 18.5 Å². The van der Waals surface area contributed by atoms with Crippen molar-refractivity contribution in [3.05, 3.63) is 12.3 Å². The minimum absolute atomic E-state index is 0.336. The first-order valence-electron chi connectivity index (χ1n) is 2.72. The van der Waals surface area contributed by atoms with E-state index in [0.717, 1.165) is 0 Å². The van der Waals surface area contributed by atoms with E-state index in [1.807, 2.05) is 0 Å². The number of allylic oxidation sites excluding steroid dienone is 1. The Labute approximate surface area is 57.6 Å². The van der Waals surface area contributed by atoms with E-state index in [1.165, 1.54) is 5.01 Å². The Bertz CT molecular complexity index is 187. The number of aliphatic imine (C=N–C) groups is 1. The summed E-state index contributed by atoms with van der Waals surface area (Å²) in [5.74, 6) is 0. The van der Waals surface area contributed by atoms with E-state index in [9.17, 15) is 4.79 Å². The standard InChI is InChI=1S/C5H7N3O2/c9-5(10)7-8-3-1-2-6-4-8/h1-3,7H,4H2,(H,9,10). The van der Waals surface area contributed by atoms with Gasteiger partial charge in [-0.2, -0.15) is 0 Å². The second kappa shape index (κ2) is 2.86. The van der Waals surface area contributed by atoms with Crippen LogP contribution in [-0.2, 0) is 0 Å². The van der Waals surface area contributed by atoms with Gasteiger partial charge in [0, 0.05) is 12.4 Å². The molecule has 0 aromatic rings. The summed E-state index contributed by atoms with van der Waals surface area (Å²) in [7, 11) is 0. The fraction of sp³-hybridized carbons (Fsp3) is 0.200. The molecule has 1 aliphatic heterocycles. The second-order valence-electron chi connectivity index (χ2n) is 1.70. The number of nitrogens with zero attached hydrogens (tertiary/aromatic N) is 2. The summed E-state index contributed by atoms with van der Waals surface area (Å²) in [5, 5.41) is 9.59. The molecule has 0 aliphatic carbocycles. The van der Waals surface area contributed by atoms with Gasteiger partial charge in [-0.05, 0) is 6.08 Å². The van der Waals surface area contributed by atoms with E-state index in [0.29, 0.717) is 6.67 Å². The molecule has 10 heavy (non-hydrogen) atoms. The van der Waals surface area contributed by atoms with E-state index < -0.39 is 6.09 Å². The Morgan fingerprint density at radius 2 is 2.60 bits per heavy atom. The van der Waals surface area contributed by atoms with Crippen LogP contribution in [0.5, 0.6) is 0 Å². The maximum atomic E-state index is 10.0. The van der Waals surface area contributed by atoms with Gasteiger partial charge in [-0.1, -0.05) is 0 Å². The first-order chi connectivity index (χ1) is 4.79. The van der Waals surface area contributed by atoms with Crippen LogP contribution < -0.4 is 5.43 Å². The Kier molecular flexibility index (Phi) is 1.89. The lowest BCUT2D eigenvalue weighted by molar-refractivity contribution is 0.163. The third-order valence-electron chi connectivity index (χ3n) is 0.931. The highest BCUT2D eigenvalue weighted by Gasteiger charge is 2.01. The molecule has 1 heterocycles. The summed E-state index contributed by atoms with van der Waals surface area (Å²) in [6, 6.07) is 0. The molecule has 2 N–H and O–H groups in total. The van der Waals surface area contributed by atoms with Gasteiger partial charge in [-0.15, -0.1) is 0 Å². The molecule has 0 saturated heterocycles. The average molecular weight is 141 g/mol. The van der Waals surface area contributed by atoms with Gasteiger partial charge < -0.3 is 5.11 Å². The smallest absolute Gasteiger partial charge is 0.423 e. The number of carboxylic acid groups (broad SMARTS) is 1. The summed E-state index contributed by atoms with van der Waals surface area (Å²) >= 11 is 0. The number of carbonyl (C=O) groups is 1. The van der Waals surface area contributed by atoms with Crippen molar-refractivity contribution in [2.75, 3.05) is 6.67 Å². The van der Waals surface area contributed by atoms with Gasteiger partial charge in [0.25, 0.3) is 0 Å². The van der Waals surface area contributed by atoms with Gasteiger partial charge in [0.2, 0.25) is 0 Å². The lowest BCUT2D eigenvalue weighted by atomic mass is 10.6. The van der Waals surface area contributed by atoms with Crippen LogP contribution in [0, 0.1) is 0 Å². The maximum Gasteiger partial charge on any atom is 0.423 e. The SMILES string of the molecule is O=C(O)NN1C=CC=NC1. The molecule has 0 aromatic heterocycles. The van der Waals surface area contributed by atoms with E-state index in [-0.39, 0.29) is 0 Å². The van der Waals surface area contributed by atoms with Crippen molar-refractivity contribution in [2.45, 2.75) is 0 Å². The molecule has 1 amide bonds. The molecule has 0 bridgehead atoms. The van der Waals surface area contributed by atoms with E-state index in [4.69, 9.17) is 5.11 Å². The molecular weight excluding hydrogens is 134 g/mol. The lowest BCUT2D eigenvalue weighted by Gasteiger charge is -2.17. The molecule has 54 valence electrons. The van der Waals surface area contributed by atoms with Crippen molar-refractivity contribution in [2.24, 2.45) is 4.99 Å². The quantitative estimate of drug-likeness (QED) is 0.541. The summed E-state index contributed by atoms with van der Waals surface area (Å²) in [6.07, 6.45) is 3.78. The van der Waals surface area contributed by atoms with Gasteiger partial charge >= 0.3 is 6.09 Å². The van der Waals surface area contributed by atoms with Gasteiger partial charge in [-0.25, -0.2) is 10.2 Å². The number of hydrogen-bond acceptors (Lipinski definition) is 3. The van der Waals surface area contributed by atoms with Gasteiger partial charge in [0.1, 0.15) is 6.67 Å². The monoisotopic (exact) mass is 141 g/mol. The number of hydrogen-bond donors (Lipinski definition) is 2. The number of rotatable bonds is 1. The fourth-order valence-electron chi connectivity index (χ4n) is 0.581. The molecule has 5 heteroatoms. The molecule has 0 radical (unpaired) electrons. The van der Waals surface area contributed by atoms with Crippen molar-refractivity contribution in [1.82, 2.24) is 10.4 Å². The number of hydrazine groups is 1. The summed E-state index contributed by atoms with van der Waals surface area (Å²) < 4.78 is 0. The molecule has 5 nitrogen and oxygen atoms in total. The predicted molar refractivity (Wildman–Crippen MR) is 35.5 cm³/mol. The first-order valence-corrected chi connectivity index (χ1v) is 2.72. The largest absolute Gasteiger partial charge is 0.464 e. The highest BCUT2D eigenvalue weighted by molar-refractivity contribution is 5.72. The predicted octanol–water partition coefficient (Wildman–Crippen LogP) is 0.0266. The van der Waals surface area contributed by atoms with E-state index >= 15 is 0 Å². The molecule has 0 atom stereocenters. The highest BCUT2D eigenvalue weighted by Crippen LogP contribution is 1.89. The van der Waals surface area contributed by atoms with Gasteiger partial charge in [0.05, 0.1) is 0 Å². The Morgan fingerprint density at radius 3 is 3.10 bits per heavy atom. The minimum atomic E-state index is -1.08. The molecule has 0 aromatic carbocycles. The molecular formula is C5H7N3O2. The third-order valence-corrected chi connectivity index (χ3v) is 0.931. The Hall–Kier alpha value is -1.52. The fourth-order valence-corrected chi connectivity index (χ4v) is 0.581. The van der Waals surface area contributed by atoms with Crippen molar-refractivity contribution in [1.29, 1.82) is 0 Å². The van der Waals surface area contributed by atoms with Crippen molar-refractivity contribution in [3.8, 4) is 0 Å². The van der Waals surface area contributed by atoms with Crippen LogP contribution in [0.3, 0.4) is 0 Å². The normalized spacial score (nSPS) is 15.4. The van der Waals surface area contributed by atoms with Crippen LogP contribution in [0.15, 0.2) is 17.3 Å². The zero-order chi connectivity index (χ0) is 7.40. The van der Waals surface area contributed by atoms with Crippen LogP contribution in [0.2, 0.25) is 0 Å². The van der Waals surface area contributed by atoms with Crippen LogP contribution in [0.25, 0.3) is 0 Å². The van der Waals surface area contributed by atoms with Crippen molar-refractivity contribution >= 4 is 12.3 Å². The number of nitrogens with one attached hydrogen (secondary N) is 1. The Balaban J connectivity index is 2.37. The van der Waals surface area contributed by atoms with Crippen molar-refractivity contribution in [3.63, 3.8) is 0 Å². The average Bonchev–Trinajstić information content (AvgIpc) is 1.88. The molecule has 1 aliphatic rings. The minimum Gasteiger partial charge on any atom is -0.464 e. The van der Waals surface area contributed by atoms with Crippen LogP contribution >= 0.6 is 0 Å². The molecule has 0 saturated carbocycles. The third kappa shape index (κ3) is 1.77. The van der Waals surface area contributed by atoms with E-state index in [2.05, 4.69) is 10.4 Å². The molecule has 1 rings (SSSR count). The maximum absolute atomic E-state index is 10.0. The van der Waals surface area contributed by atoms with Crippen LogP contribution in [0.4, 0.5) is 4.79 Å². The summed E-state index contributed by atoms with van der Waals surface area (Å²) in [6.45, 7) is 0.336. The Morgan fingerprint density at radius 1 is 1.80 bits per heavy atom. The van der Waals surface area contributed by atoms with Crippen LogP contribution in [0.1, 0.15) is 0 Å². The lowest BCUT2D eigenvalue weighted by Crippen LogP contribution is -2.38. The zero-order valence-corrected chi connectivity index (χ0v) is 5.19.